The minimum absolute atomic E-state index is 0.926. The summed E-state index contributed by atoms with van der Waals surface area (Å²) in [6, 6.07) is 0. The molecule has 1 heterocycles. The second kappa shape index (κ2) is 9.98. The molecule has 0 nitrogen and oxygen atoms in total. The zero-order chi connectivity index (χ0) is 14.9. The molecule has 0 bridgehead atoms. The van der Waals surface area contributed by atoms with Gasteiger partial charge in [0.2, 0.25) is 0 Å². The van der Waals surface area contributed by atoms with Crippen molar-refractivity contribution in [1.82, 2.24) is 0 Å². The molecule has 1 aliphatic heterocycles. The Kier molecular flexibility index (Phi) is 8.29. The van der Waals surface area contributed by atoms with Crippen LogP contribution in [0.1, 0.15) is 90.9 Å². The van der Waals surface area contributed by atoms with Gasteiger partial charge in [-0.2, -0.15) is 11.8 Å². The largest absolute Gasteiger partial charge is 0.157 e. The molecule has 2 aliphatic rings. The highest BCUT2D eigenvalue weighted by Gasteiger charge is 2.25. The molecule has 0 aromatic heterocycles. The van der Waals surface area contributed by atoms with Gasteiger partial charge >= 0.3 is 0 Å². The maximum absolute atomic E-state index is 2.38. The fraction of sp³-hybridized carbons (Fsp3) is 0.900. The van der Waals surface area contributed by atoms with Crippen LogP contribution in [0, 0.1) is 11.8 Å². The summed E-state index contributed by atoms with van der Waals surface area (Å²) in [4.78, 5) is 0. The van der Waals surface area contributed by atoms with Gasteiger partial charge in [-0.1, -0.05) is 69.9 Å². The van der Waals surface area contributed by atoms with Crippen molar-refractivity contribution in [3.63, 3.8) is 0 Å². The Labute approximate surface area is 137 Å². The highest BCUT2D eigenvalue weighted by Crippen LogP contribution is 2.40. The van der Waals surface area contributed by atoms with Gasteiger partial charge in [-0.25, -0.2) is 0 Å². The van der Waals surface area contributed by atoms with E-state index in [1.54, 1.807) is 0 Å². The molecular weight excluding hydrogens is 272 g/mol. The van der Waals surface area contributed by atoms with Gasteiger partial charge in [0.25, 0.3) is 0 Å². The molecule has 0 saturated carbocycles. The summed E-state index contributed by atoms with van der Waals surface area (Å²) in [6.45, 7) is 4.76. The lowest BCUT2D eigenvalue weighted by Crippen LogP contribution is -2.19. The Balaban J connectivity index is 2.23. The minimum atomic E-state index is 0.926. The van der Waals surface area contributed by atoms with Crippen molar-refractivity contribution in [2.45, 2.75) is 90.9 Å². The summed E-state index contributed by atoms with van der Waals surface area (Å²) in [7, 11) is 0. The third-order valence-electron chi connectivity index (χ3n) is 5.55. The molecule has 0 spiro atoms. The van der Waals surface area contributed by atoms with Gasteiger partial charge in [-0.15, -0.1) is 0 Å². The second-order valence-electron chi connectivity index (χ2n) is 7.17. The van der Waals surface area contributed by atoms with Crippen molar-refractivity contribution in [2.75, 3.05) is 11.5 Å². The van der Waals surface area contributed by atoms with Crippen molar-refractivity contribution < 1.29 is 0 Å². The summed E-state index contributed by atoms with van der Waals surface area (Å²) < 4.78 is 0. The number of hydrogen-bond donors (Lipinski definition) is 0. The van der Waals surface area contributed by atoms with Gasteiger partial charge in [-0.3, -0.25) is 0 Å². The summed E-state index contributed by atoms with van der Waals surface area (Å²) in [5.74, 6) is 4.61. The predicted octanol–water partition coefficient (Wildman–Crippen LogP) is 7.00. The van der Waals surface area contributed by atoms with Crippen molar-refractivity contribution in [3.05, 3.63) is 11.1 Å². The summed E-state index contributed by atoms with van der Waals surface area (Å²) in [6.07, 6.45) is 17.4. The molecule has 1 heteroatoms. The monoisotopic (exact) mass is 308 g/mol. The Hall–Kier alpha value is 0.0900. The van der Waals surface area contributed by atoms with Crippen molar-refractivity contribution in [3.8, 4) is 0 Å². The highest BCUT2D eigenvalue weighted by atomic mass is 32.2. The molecule has 1 aliphatic carbocycles. The van der Waals surface area contributed by atoms with E-state index < -0.39 is 0 Å². The normalized spacial score (nSPS) is 28.9. The maximum atomic E-state index is 2.38. The summed E-state index contributed by atoms with van der Waals surface area (Å²) in [5, 5.41) is 0. The molecule has 122 valence electrons. The standard InChI is InChI=1S/C20H36S/c1-3-10-17-12-8-6-5-7-9-13-18(11-4-2)20-16-21-15-14-19(17)20/h17-18H,3-16H2,1-2H3. The van der Waals surface area contributed by atoms with Crippen LogP contribution < -0.4 is 0 Å². The van der Waals surface area contributed by atoms with E-state index in [2.05, 4.69) is 25.6 Å². The SMILES string of the molecule is CCCC1CCCCCCCC(CCC)C2=C1CCSC2. The number of hydrogen-bond acceptors (Lipinski definition) is 1. The summed E-state index contributed by atoms with van der Waals surface area (Å²) >= 11 is 2.21. The van der Waals surface area contributed by atoms with Crippen LogP contribution in [0.2, 0.25) is 0 Å². The van der Waals surface area contributed by atoms with E-state index in [1.165, 1.54) is 88.6 Å². The Morgan fingerprint density at radius 3 is 2.00 bits per heavy atom. The molecule has 0 radical (unpaired) electrons. The van der Waals surface area contributed by atoms with Gasteiger partial charge in [0.1, 0.15) is 0 Å². The van der Waals surface area contributed by atoms with E-state index in [-0.39, 0.29) is 0 Å². The lowest BCUT2D eigenvalue weighted by Gasteiger charge is -2.32. The maximum Gasteiger partial charge on any atom is 0.0148 e. The van der Waals surface area contributed by atoms with Crippen LogP contribution in [0.25, 0.3) is 0 Å². The van der Waals surface area contributed by atoms with Crippen molar-refractivity contribution in [1.29, 1.82) is 0 Å². The van der Waals surface area contributed by atoms with E-state index in [0.717, 1.165) is 11.8 Å². The van der Waals surface area contributed by atoms with Crippen molar-refractivity contribution >= 4 is 11.8 Å². The van der Waals surface area contributed by atoms with Gasteiger partial charge in [0.15, 0.2) is 0 Å². The zero-order valence-corrected chi connectivity index (χ0v) is 15.3. The van der Waals surface area contributed by atoms with Crippen molar-refractivity contribution in [2.24, 2.45) is 11.8 Å². The molecule has 0 N–H and O–H groups in total. The fourth-order valence-corrected chi connectivity index (χ4v) is 5.61. The number of allylic oxidation sites excluding steroid dienone is 1. The molecule has 0 aromatic rings. The van der Waals surface area contributed by atoms with E-state index in [9.17, 15) is 0 Å². The third kappa shape index (κ3) is 5.34. The minimum Gasteiger partial charge on any atom is -0.157 e. The number of rotatable bonds is 4. The van der Waals surface area contributed by atoms with E-state index in [1.807, 2.05) is 11.1 Å². The Morgan fingerprint density at radius 2 is 1.38 bits per heavy atom. The Morgan fingerprint density at radius 1 is 0.810 bits per heavy atom. The number of thioether (sulfide) groups is 1. The third-order valence-corrected chi connectivity index (χ3v) is 6.56. The average molecular weight is 309 g/mol. The first-order chi connectivity index (χ1) is 10.4. The molecular formula is C20H36S. The van der Waals surface area contributed by atoms with Crippen LogP contribution >= 0.6 is 11.8 Å². The first-order valence-corrected chi connectivity index (χ1v) is 10.8. The van der Waals surface area contributed by atoms with E-state index in [4.69, 9.17) is 0 Å². The molecule has 2 unspecified atom stereocenters. The smallest absolute Gasteiger partial charge is 0.0148 e. The second-order valence-corrected chi connectivity index (χ2v) is 8.27. The van der Waals surface area contributed by atoms with Crippen LogP contribution in [-0.2, 0) is 0 Å². The molecule has 0 aromatic carbocycles. The highest BCUT2D eigenvalue weighted by molar-refractivity contribution is 7.99. The van der Waals surface area contributed by atoms with E-state index in [0.29, 0.717) is 0 Å². The summed E-state index contributed by atoms with van der Waals surface area (Å²) in [5.41, 5.74) is 3.87. The molecule has 21 heavy (non-hydrogen) atoms. The topological polar surface area (TPSA) is 0 Å². The Bertz CT molecular complexity index is 288. The lowest BCUT2D eigenvalue weighted by molar-refractivity contribution is 0.454. The van der Waals surface area contributed by atoms with Crippen LogP contribution in [0.15, 0.2) is 11.1 Å². The first-order valence-electron chi connectivity index (χ1n) is 9.66. The molecule has 2 atom stereocenters. The van der Waals surface area contributed by atoms with Crippen LogP contribution in [0.5, 0.6) is 0 Å². The van der Waals surface area contributed by atoms with E-state index >= 15 is 0 Å². The molecule has 2 rings (SSSR count). The van der Waals surface area contributed by atoms with Crippen LogP contribution in [0.3, 0.4) is 0 Å². The van der Waals surface area contributed by atoms with Gasteiger partial charge in [0, 0.05) is 5.75 Å². The lowest BCUT2D eigenvalue weighted by atomic mass is 9.79. The average Bonchev–Trinajstić information content (AvgIpc) is 2.54. The quantitative estimate of drug-likeness (QED) is 0.504. The van der Waals surface area contributed by atoms with Gasteiger partial charge < -0.3 is 0 Å². The van der Waals surface area contributed by atoms with Gasteiger partial charge in [-0.05, 0) is 49.7 Å². The predicted molar refractivity (Wildman–Crippen MR) is 98.1 cm³/mol. The fourth-order valence-electron chi connectivity index (χ4n) is 4.46. The molecule has 0 saturated heterocycles. The van der Waals surface area contributed by atoms with Gasteiger partial charge in [0.05, 0.1) is 0 Å². The first kappa shape index (κ1) is 17.4. The van der Waals surface area contributed by atoms with Crippen LogP contribution in [-0.4, -0.2) is 11.5 Å². The molecule has 0 fully saturated rings. The molecule has 0 amide bonds. The van der Waals surface area contributed by atoms with Crippen LogP contribution in [0.4, 0.5) is 0 Å². The zero-order valence-electron chi connectivity index (χ0n) is 14.5.